The van der Waals surface area contributed by atoms with Crippen LogP contribution in [0, 0.1) is 6.92 Å². The van der Waals surface area contributed by atoms with Crippen LogP contribution in [0.4, 0.5) is 5.69 Å². The first-order chi connectivity index (χ1) is 11.5. The lowest BCUT2D eigenvalue weighted by Crippen LogP contribution is -2.38. The van der Waals surface area contributed by atoms with Crippen molar-refractivity contribution in [2.75, 3.05) is 19.0 Å². The average Bonchev–Trinajstić information content (AvgIpc) is 2.56. The lowest BCUT2D eigenvalue weighted by Gasteiger charge is -2.17. The first-order valence-electron chi connectivity index (χ1n) is 7.44. The summed E-state index contributed by atoms with van der Waals surface area (Å²) < 4.78 is 5.35. The van der Waals surface area contributed by atoms with E-state index in [-0.39, 0.29) is 6.54 Å². The standard InChI is InChI=1S/C18H19ClN2O3/c1-12-6-5-7-13(10-12)21-18(23)17(22)20-11-16(24-2)14-8-3-4-9-15(14)19/h3-10,16H,11H2,1-2H3,(H,20,22)(H,21,23)/t16-/m0/s1. The van der Waals surface area contributed by atoms with Crippen molar-refractivity contribution >= 4 is 29.1 Å². The molecule has 0 saturated carbocycles. The van der Waals surface area contributed by atoms with Crippen LogP contribution >= 0.6 is 11.6 Å². The van der Waals surface area contributed by atoms with Crippen LogP contribution in [0.1, 0.15) is 17.2 Å². The highest BCUT2D eigenvalue weighted by atomic mass is 35.5. The van der Waals surface area contributed by atoms with Crippen LogP contribution in [0.2, 0.25) is 5.02 Å². The molecule has 1 atom stereocenters. The molecule has 0 aliphatic rings. The second-order valence-electron chi connectivity index (χ2n) is 5.28. The molecule has 5 nitrogen and oxygen atoms in total. The van der Waals surface area contributed by atoms with Gasteiger partial charge in [-0.3, -0.25) is 9.59 Å². The van der Waals surface area contributed by atoms with Gasteiger partial charge in [-0.25, -0.2) is 0 Å². The zero-order valence-corrected chi connectivity index (χ0v) is 14.3. The van der Waals surface area contributed by atoms with Crippen LogP contribution in [0.15, 0.2) is 48.5 Å². The molecule has 0 aliphatic carbocycles. The van der Waals surface area contributed by atoms with E-state index in [1.807, 2.05) is 31.2 Å². The van der Waals surface area contributed by atoms with Gasteiger partial charge in [0.1, 0.15) is 6.10 Å². The van der Waals surface area contributed by atoms with E-state index in [9.17, 15) is 9.59 Å². The number of carbonyl (C=O) groups is 2. The van der Waals surface area contributed by atoms with E-state index in [1.165, 1.54) is 7.11 Å². The van der Waals surface area contributed by atoms with E-state index in [2.05, 4.69) is 10.6 Å². The van der Waals surface area contributed by atoms with Crippen LogP contribution in [0.3, 0.4) is 0 Å². The van der Waals surface area contributed by atoms with Gasteiger partial charge < -0.3 is 15.4 Å². The van der Waals surface area contributed by atoms with Crippen molar-refractivity contribution in [3.05, 3.63) is 64.7 Å². The van der Waals surface area contributed by atoms with Gasteiger partial charge in [-0.1, -0.05) is 41.9 Å². The van der Waals surface area contributed by atoms with Crippen LogP contribution in [-0.4, -0.2) is 25.5 Å². The number of amides is 2. The van der Waals surface area contributed by atoms with Gasteiger partial charge in [0.25, 0.3) is 0 Å². The summed E-state index contributed by atoms with van der Waals surface area (Å²) in [6.45, 7) is 2.04. The topological polar surface area (TPSA) is 67.4 Å². The lowest BCUT2D eigenvalue weighted by atomic mass is 10.1. The Bertz CT molecular complexity index is 734. The Labute approximate surface area is 146 Å². The molecule has 6 heteroatoms. The molecular weight excluding hydrogens is 328 g/mol. The normalized spacial score (nSPS) is 11.6. The van der Waals surface area contributed by atoms with Crippen molar-refractivity contribution in [1.29, 1.82) is 0 Å². The number of halogens is 1. The van der Waals surface area contributed by atoms with Crippen molar-refractivity contribution in [2.24, 2.45) is 0 Å². The van der Waals surface area contributed by atoms with Crippen molar-refractivity contribution < 1.29 is 14.3 Å². The minimum Gasteiger partial charge on any atom is -0.375 e. The van der Waals surface area contributed by atoms with Gasteiger partial charge >= 0.3 is 11.8 Å². The average molecular weight is 347 g/mol. The highest BCUT2D eigenvalue weighted by Gasteiger charge is 2.18. The molecule has 0 bridgehead atoms. The first-order valence-corrected chi connectivity index (χ1v) is 7.82. The zero-order valence-electron chi connectivity index (χ0n) is 13.5. The van der Waals surface area contributed by atoms with Gasteiger partial charge in [0.05, 0.1) is 0 Å². The quantitative estimate of drug-likeness (QED) is 0.817. The lowest BCUT2D eigenvalue weighted by molar-refractivity contribution is -0.136. The Morgan fingerprint density at radius 1 is 1.12 bits per heavy atom. The number of nitrogens with one attached hydrogen (secondary N) is 2. The zero-order chi connectivity index (χ0) is 17.5. The molecule has 126 valence electrons. The van der Waals surface area contributed by atoms with Crippen LogP contribution in [0.25, 0.3) is 0 Å². The fraction of sp³-hybridized carbons (Fsp3) is 0.222. The van der Waals surface area contributed by atoms with E-state index < -0.39 is 17.9 Å². The van der Waals surface area contributed by atoms with Crippen LogP contribution in [0.5, 0.6) is 0 Å². The van der Waals surface area contributed by atoms with E-state index >= 15 is 0 Å². The molecule has 0 saturated heterocycles. The molecule has 2 amide bonds. The van der Waals surface area contributed by atoms with Gasteiger partial charge in [0, 0.05) is 29.9 Å². The smallest absolute Gasteiger partial charge is 0.313 e. The summed E-state index contributed by atoms with van der Waals surface area (Å²) in [4.78, 5) is 23.9. The van der Waals surface area contributed by atoms with Crippen LogP contribution < -0.4 is 10.6 Å². The summed E-state index contributed by atoms with van der Waals surface area (Å²) in [6.07, 6.45) is -0.436. The number of hydrogen-bond donors (Lipinski definition) is 2. The van der Waals surface area contributed by atoms with Gasteiger partial charge in [0.2, 0.25) is 0 Å². The third-order valence-electron chi connectivity index (χ3n) is 3.47. The first kappa shape index (κ1) is 18.0. The van der Waals surface area contributed by atoms with E-state index in [1.54, 1.807) is 24.3 Å². The fourth-order valence-corrected chi connectivity index (χ4v) is 2.49. The summed E-state index contributed by atoms with van der Waals surface area (Å²) in [5.74, 6) is -1.46. The Hall–Kier alpha value is -2.37. The van der Waals surface area contributed by atoms with E-state index in [0.29, 0.717) is 10.7 Å². The Morgan fingerprint density at radius 2 is 1.88 bits per heavy atom. The van der Waals surface area contributed by atoms with Gasteiger partial charge in [-0.2, -0.15) is 0 Å². The van der Waals surface area contributed by atoms with Crippen molar-refractivity contribution in [3.63, 3.8) is 0 Å². The predicted octanol–water partition coefficient (Wildman–Crippen LogP) is 3.09. The number of ether oxygens (including phenoxy) is 1. The fourth-order valence-electron chi connectivity index (χ4n) is 2.23. The molecule has 2 aromatic carbocycles. The summed E-state index contributed by atoms with van der Waals surface area (Å²) in [7, 11) is 1.52. The Kier molecular flexibility index (Phi) is 6.35. The second kappa shape index (κ2) is 8.47. The van der Waals surface area contributed by atoms with Crippen molar-refractivity contribution in [3.8, 4) is 0 Å². The monoisotopic (exact) mass is 346 g/mol. The molecule has 0 unspecified atom stereocenters. The molecule has 2 N–H and O–H groups in total. The molecule has 2 rings (SSSR count). The van der Waals surface area contributed by atoms with Gasteiger partial charge in [0.15, 0.2) is 0 Å². The summed E-state index contributed by atoms with van der Waals surface area (Å²) in [5, 5.41) is 5.66. The Balaban J connectivity index is 1.94. The molecule has 0 fully saturated rings. The minimum atomic E-state index is -0.731. The molecule has 2 aromatic rings. The molecule has 0 aromatic heterocycles. The number of aryl methyl sites for hydroxylation is 1. The highest BCUT2D eigenvalue weighted by molar-refractivity contribution is 6.39. The SMILES string of the molecule is CO[C@@H](CNC(=O)C(=O)Nc1cccc(C)c1)c1ccccc1Cl. The van der Waals surface area contributed by atoms with Crippen molar-refractivity contribution in [1.82, 2.24) is 5.32 Å². The molecular formula is C18H19ClN2O3. The third kappa shape index (κ3) is 4.81. The van der Waals surface area contributed by atoms with Gasteiger partial charge in [-0.05, 0) is 30.7 Å². The number of anilines is 1. The highest BCUT2D eigenvalue weighted by Crippen LogP contribution is 2.24. The summed E-state index contributed by atoms with van der Waals surface area (Å²) >= 11 is 6.13. The Morgan fingerprint density at radius 3 is 2.54 bits per heavy atom. The number of hydrogen-bond acceptors (Lipinski definition) is 3. The predicted molar refractivity (Wildman–Crippen MR) is 94.0 cm³/mol. The van der Waals surface area contributed by atoms with E-state index in [4.69, 9.17) is 16.3 Å². The number of rotatable bonds is 5. The van der Waals surface area contributed by atoms with E-state index in [0.717, 1.165) is 11.1 Å². The molecule has 0 radical (unpaired) electrons. The summed E-state index contributed by atoms with van der Waals surface area (Å²) in [5.41, 5.74) is 2.32. The largest absolute Gasteiger partial charge is 0.375 e. The van der Waals surface area contributed by atoms with Gasteiger partial charge in [-0.15, -0.1) is 0 Å². The molecule has 0 spiro atoms. The maximum absolute atomic E-state index is 12.0. The maximum atomic E-state index is 12.0. The summed E-state index contributed by atoms with van der Waals surface area (Å²) in [6, 6.07) is 14.4. The number of benzene rings is 2. The third-order valence-corrected chi connectivity index (χ3v) is 3.81. The molecule has 0 heterocycles. The number of carbonyl (C=O) groups excluding carboxylic acids is 2. The second-order valence-corrected chi connectivity index (χ2v) is 5.69. The molecule has 24 heavy (non-hydrogen) atoms. The molecule has 0 aliphatic heterocycles. The number of methoxy groups -OCH3 is 1. The minimum absolute atomic E-state index is 0.139. The van der Waals surface area contributed by atoms with Crippen molar-refractivity contribution in [2.45, 2.75) is 13.0 Å². The maximum Gasteiger partial charge on any atom is 0.313 e. The van der Waals surface area contributed by atoms with Crippen LogP contribution in [-0.2, 0) is 14.3 Å².